The van der Waals surface area contributed by atoms with Crippen LogP contribution in [0.4, 0.5) is 5.82 Å². The first-order valence-electron chi connectivity index (χ1n) is 11.5. The van der Waals surface area contributed by atoms with Gasteiger partial charge in [0.05, 0.1) is 23.5 Å². The molecule has 1 unspecified atom stereocenters. The van der Waals surface area contributed by atoms with Crippen molar-refractivity contribution in [3.8, 4) is 22.8 Å². The highest BCUT2D eigenvalue weighted by atomic mass is 79.9. The summed E-state index contributed by atoms with van der Waals surface area (Å²) >= 11 is 3.52. The number of nitrogens with one attached hydrogen (secondary N) is 1. The van der Waals surface area contributed by atoms with E-state index in [1.54, 1.807) is 36.0 Å². The Morgan fingerprint density at radius 1 is 1.23 bits per heavy atom. The molecule has 1 fully saturated rings. The molecule has 180 valence electrons. The second-order valence-electron chi connectivity index (χ2n) is 8.64. The molecule has 0 saturated carbocycles. The average Bonchev–Trinajstić information content (AvgIpc) is 3.28. The predicted molar refractivity (Wildman–Crippen MR) is 138 cm³/mol. The second-order valence-corrected chi connectivity index (χ2v) is 9.50. The quantitative estimate of drug-likeness (QED) is 0.367. The van der Waals surface area contributed by atoms with Crippen molar-refractivity contribution in [2.75, 3.05) is 32.1 Å². The zero-order chi connectivity index (χ0) is 24.4. The van der Waals surface area contributed by atoms with Gasteiger partial charge >= 0.3 is 0 Å². The number of hydrogen-bond donors (Lipinski definition) is 2. The van der Waals surface area contributed by atoms with Crippen molar-refractivity contribution in [2.45, 2.75) is 12.8 Å². The van der Waals surface area contributed by atoms with Crippen LogP contribution in [0.15, 0.2) is 65.3 Å². The molecule has 0 spiro atoms. The first-order chi connectivity index (χ1) is 17.0. The number of rotatable bonds is 6. The fraction of sp³-hybridized carbons (Fsp3) is 0.269. The van der Waals surface area contributed by atoms with Gasteiger partial charge in [0.1, 0.15) is 17.3 Å². The van der Waals surface area contributed by atoms with Crippen molar-refractivity contribution in [3.05, 3.63) is 70.8 Å². The summed E-state index contributed by atoms with van der Waals surface area (Å²) in [4.78, 5) is 19.7. The van der Waals surface area contributed by atoms with Gasteiger partial charge in [0.15, 0.2) is 5.65 Å². The summed E-state index contributed by atoms with van der Waals surface area (Å²) in [6.45, 7) is 2.10. The molecule has 1 aliphatic rings. The molecule has 0 radical (unpaired) electrons. The third kappa shape index (κ3) is 4.81. The van der Waals surface area contributed by atoms with Crippen molar-refractivity contribution in [3.63, 3.8) is 0 Å². The minimum Gasteiger partial charge on any atom is -0.507 e. The van der Waals surface area contributed by atoms with E-state index in [0.717, 1.165) is 29.7 Å². The summed E-state index contributed by atoms with van der Waals surface area (Å²) in [5, 5.41) is 18.3. The molecule has 35 heavy (non-hydrogen) atoms. The highest BCUT2D eigenvalue weighted by molar-refractivity contribution is 9.10. The van der Waals surface area contributed by atoms with Crippen LogP contribution in [0.3, 0.4) is 0 Å². The number of ether oxygens (including phenoxy) is 1. The number of halogens is 1. The second kappa shape index (κ2) is 9.95. The standard InChI is InChI=1S/C26H26BrN5O3/c1-35-19-8-4-7-18(12-19)26(34)31-11-5-6-17(16-31)14-28-24-13-22(20-9-2-3-10-23(20)33)30-25-21(27)15-29-32(24)25/h2-4,7-10,12-13,15,17,28,33H,5-6,11,14,16H2,1H3. The molecule has 1 saturated heterocycles. The summed E-state index contributed by atoms with van der Waals surface area (Å²) in [5.74, 6) is 1.94. The summed E-state index contributed by atoms with van der Waals surface area (Å²) in [7, 11) is 1.60. The Labute approximate surface area is 211 Å². The topological polar surface area (TPSA) is 92.0 Å². The minimum absolute atomic E-state index is 0.0257. The number of fused-ring (bicyclic) bond motifs is 1. The van der Waals surface area contributed by atoms with Gasteiger partial charge in [-0.15, -0.1) is 0 Å². The van der Waals surface area contributed by atoms with Gasteiger partial charge in [0, 0.05) is 36.8 Å². The Bertz CT molecular complexity index is 1370. The molecule has 0 bridgehead atoms. The maximum Gasteiger partial charge on any atom is 0.253 e. The molecule has 8 nitrogen and oxygen atoms in total. The van der Waals surface area contributed by atoms with E-state index in [9.17, 15) is 9.90 Å². The lowest BCUT2D eigenvalue weighted by Crippen LogP contribution is -2.41. The van der Waals surface area contributed by atoms with E-state index in [-0.39, 0.29) is 17.6 Å². The molecule has 5 rings (SSSR count). The van der Waals surface area contributed by atoms with E-state index in [1.165, 1.54) is 0 Å². The molecule has 1 atom stereocenters. The number of nitrogens with zero attached hydrogens (tertiary/aromatic N) is 4. The molecular formula is C26H26BrN5O3. The van der Waals surface area contributed by atoms with Crippen LogP contribution in [0.2, 0.25) is 0 Å². The molecular weight excluding hydrogens is 510 g/mol. The van der Waals surface area contributed by atoms with Gasteiger partial charge in [-0.1, -0.05) is 18.2 Å². The Morgan fingerprint density at radius 2 is 2.09 bits per heavy atom. The van der Waals surface area contributed by atoms with Crippen molar-refractivity contribution < 1.29 is 14.6 Å². The minimum atomic E-state index is 0.0257. The summed E-state index contributed by atoms with van der Waals surface area (Å²) in [6.07, 6.45) is 3.68. The molecule has 9 heteroatoms. The largest absolute Gasteiger partial charge is 0.507 e. The molecule has 0 aliphatic carbocycles. The number of phenolic OH excluding ortho intramolecular Hbond substituents is 1. The third-order valence-corrected chi connectivity index (χ3v) is 6.86. The van der Waals surface area contributed by atoms with E-state index in [0.29, 0.717) is 41.3 Å². The van der Waals surface area contributed by atoms with Gasteiger partial charge in [0.25, 0.3) is 5.91 Å². The molecule has 2 N–H and O–H groups in total. The predicted octanol–water partition coefficient (Wildman–Crippen LogP) is 4.84. The number of aromatic hydroxyl groups is 1. The number of likely N-dealkylation sites (tertiary alicyclic amines) is 1. The Kier molecular flexibility index (Phi) is 6.59. The highest BCUT2D eigenvalue weighted by Gasteiger charge is 2.25. The number of piperidine rings is 1. The molecule has 1 aliphatic heterocycles. The number of anilines is 1. The van der Waals surface area contributed by atoms with E-state index in [1.807, 2.05) is 41.3 Å². The smallest absolute Gasteiger partial charge is 0.253 e. The Morgan fingerprint density at radius 3 is 2.91 bits per heavy atom. The number of methoxy groups -OCH3 is 1. The van der Waals surface area contributed by atoms with Crippen LogP contribution in [-0.4, -0.2) is 57.3 Å². The number of benzene rings is 2. The van der Waals surface area contributed by atoms with Gasteiger partial charge in [-0.2, -0.15) is 9.61 Å². The van der Waals surface area contributed by atoms with Crippen LogP contribution in [0.5, 0.6) is 11.5 Å². The number of carbonyl (C=O) groups is 1. The van der Waals surface area contributed by atoms with E-state index in [2.05, 4.69) is 26.3 Å². The number of carbonyl (C=O) groups excluding carboxylic acids is 1. The number of amides is 1. The van der Waals surface area contributed by atoms with Gasteiger partial charge in [0.2, 0.25) is 0 Å². The van der Waals surface area contributed by atoms with E-state index >= 15 is 0 Å². The van der Waals surface area contributed by atoms with E-state index < -0.39 is 0 Å². The van der Waals surface area contributed by atoms with Gasteiger partial charge < -0.3 is 20.1 Å². The molecule has 2 aromatic heterocycles. The lowest BCUT2D eigenvalue weighted by Gasteiger charge is -2.33. The summed E-state index contributed by atoms with van der Waals surface area (Å²) in [6, 6.07) is 16.3. The number of aromatic nitrogens is 3. The van der Waals surface area contributed by atoms with Crippen molar-refractivity contribution >= 4 is 33.3 Å². The lowest BCUT2D eigenvalue weighted by molar-refractivity contribution is 0.0680. The number of para-hydroxylation sites is 1. The molecule has 1 amide bonds. The molecule has 4 aromatic rings. The van der Waals surface area contributed by atoms with Gasteiger partial charge in [-0.25, -0.2) is 4.98 Å². The molecule has 2 aromatic carbocycles. The zero-order valence-corrected chi connectivity index (χ0v) is 20.9. The highest BCUT2D eigenvalue weighted by Crippen LogP contribution is 2.31. The fourth-order valence-electron chi connectivity index (χ4n) is 4.49. The Balaban J connectivity index is 1.34. The fourth-order valence-corrected chi connectivity index (χ4v) is 4.84. The monoisotopic (exact) mass is 535 g/mol. The van der Waals surface area contributed by atoms with Gasteiger partial charge in [-0.05, 0) is 65.0 Å². The normalized spacial score (nSPS) is 15.8. The molecule has 3 heterocycles. The van der Waals surface area contributed by atoms with Crippen LogP contribution in [0.25, 0.3) is 16.9 Å². The lowest BCUT2D eigenvalue weighted by atomic mass is 9.97. The van der Waals surface area contributed by atoms with Crippen LogP contribution in [0.1, 0.15) is 23.2 Å². The maximum atomic E-state index is 13.1. The number of phenols is 1. The third-order valence-electron chi connectivity index (χ3n) is 6.30. The van der Waals surface area contributed by atoms with E-state index in [4.69, 9.17) is 9.72 Å². The van der Waals surface area contributed by atoms with Crippen LogP contribution < -0.4 is 10.1 Å². The van der Waals surface area contributed by atoms with Crippen LogP contribution in [0, 0.1) is 5.92 Å². The van der Waals surface area contributed by atoms with Crippen molar-refractivity contribution in [1.29, 1.82) is 0 Å². The van der Waals surface area contributed by atoms with Crippen molar-refractivity contribution in [1.82, 2.24) is 19.5 Å². The first-order valence-corrected chi connectivity index (χ1v) is 12.3. The summed E-state index contributed by atoms with van der Waals surface area (Å²) < 4.78 is 7.79. The van der Waals surface area contributed by atoms with Gasteiger partial charge in [-0.3, -0.25) is 4.79 Å². The maximum absolute atomic E-state index is 13.1. The average molecular weight is 536 g/mol. The Hall–Kier alpha value is -3.59. The van der Waals surface area contributed by atoms with Crippen molar-refractivity contribution in [2.24, 2.45) is 5.92 Å². The zero-order valence-electron chi connectivity index (χ0n) is 19.3. The number of hydrogen-bond acceptors (Lipinski definition) is 6. The SMILES string of the molecule is COc1cccc(C(=O)N2CCCC(CNc3cc(-c4ccccc4O)nc4c(Br)cnn34)C2)c1. The van der Waals surface area contributed by atoms with Crippen LogP contribution >= 0.6 is 15.9 Å². The van der Waals surface area contributed by atoms with Crippen LogP contribution in [-0.2, 0) is 0 Å². The first kappa shape index (κ1) is 23.2. The summed E-state index contributed by atoms with van der Waals surface area (Å²) in [5.41, 5.74) is 2.60.